The Balaban J connectivity index is 1.56. The van der Waals surface area contributed by atoms with Crippen LogP contribution in [0.1, 0.15) is 48.4 Å². The fourth-order valence-electron chi connectivity index (χ4n) is 4.14. The molecule has 0 atom stereocenters. The van der Waals surface area contributed by atoms with Gasteiger partial charge in [-0.1, -0.05) is 31.2 Å². The molecule has 26 heavy (non-hydrogen) atoms. The minimum atomic E-state index is 0.165. The first-order chi connectivity index (χ1) is 12.5. The summed E-state index contributed by atoms with van der Waals surface area (Å²) in [5.41, 5.74) is 7.79. The highest BCUT2D eigenvalue weighted by atomic mass is 16.1. The van der Waals surface area contributed by atoms with Crippen molar-refractivity contribution in [1.29, 1.82) is 0 Å². The summed E-state index contributed by atoms with van der Waals surface area (Å²) in [6.07, 6.45) is 4.03. The number of rotatable bonds is 4. The Morgan fingerprint density at radius 2 is 1.92 bits per heavy atom. The Bertz CT molecular complexity index is 837. The van der Waals surface area contributed by atoms with Crippen molar-refractivity contribution in [1.82, 2.24) is 0 Å². The van der Waals surface area contributed by atoms with Crippen LogP contribution in [0.25, 0.3) is 0 Å². The van der Waals surface area contributed by atoms with E-state index in [0.717, 1.165) is 25.2 Å². The first-order valence-corrected chi connectivity index (χ1v) is 9.67. The van der Waals surface area contributed by atoms with E-state index in [2.05, 4.69) is 67.4 Å². The minimum Gasteiger partial charge on any atom is -0.367 e. The van der Waals surface area contributed by atoms with Gasteiger partial charge in [-0.3, -0.25) is 4.79 Å². The van der Waals surface area contributed by atoms with Crippen molar-refractivity contribution in [3.8, 4) is 0 Å². The highest BCUT2D eigenvalue weighted by Gasteiger charge is 2.39. The summed E-state index contributed by atoms with van der Waals surface area (Å²) in [5, 5.41) is 3.22. The Hall–Kier alpha value is -2.29. The Kier molecular flexibility index (Phi) is 4.26. The molecule has 3 heteroatoms. The lowest BCUT2D eigenvalue weighted by Crippen LogP contribution is -2.31. The second-order valence-corrected chi connectivity index (χ2v) is 8.37. The monoisotopic (exact) mass is 348 g/mol. The van der Waals surface area contributed by atoms with Gasteiger partial charge in [0, 0.05) is 30.9 Å². The third-order valence-corrected chi connectivity index (χ3v) is 6.07. The topological polar surface area (TPSA) is 32.3 Å². The number of hydrogen-bond acceptors (Lipinski definition) is 2. The molecule has 0 spiro atoms. The van der Waals surface area contributed by atoms with Crippen molar-refractivity contribution in [2.75, 3.05) is 16.8 Å². The van der Waals surface area contributed by atoms with Crippen LogP contribution < -0.4 is 10.2 Å². The largest absolute Gasteiger partial charge is 0.367 e. The van der Waals surface area contributed by atoms with E-state index in [-0.39, 0.29) is 11.3 Å². The van der Waals surface area contributed by atoms with Crippen molar-refractivity contribution in [3.05, 3.63) is 58.7 Å². The van der Waals surface area contributed by atoms with Crippen molar-refractivity contribution in [2.45, 2.75) is 53.0 Å². The SMILES string of the molecule is Cc1cc2c(c(C)c1NC(=O)CC1(C)CC1)CCN(c1ccccc1)C2. The van der Waals surface area contributed by atoms with Gasteiger partial charge in [-0.25, -0.2) is 0 Å². The number of fused-ring (bicyclic) bond motifs is 1. The van der Waals surface area contributed by atoms with Gasteiger partial charge in [0.25, 0.3) is 0 Å². The van der Waals surface area contributed by atoms with E-state index in [0.29, 0.717) is 6.42 Å². The molecule has 1 heterocycles. The molecule has 0 aromatic heterocycles. The summed E-state index contributed by atoms with van der Waals surface area (Å²) >= 11 is 0. The van der Waals surface area contributed by atoms with Gasteiger partial charge in [-0.2, -0.15) is 0 Å². The third-order valence-electron chi connectivity index (χ3n) is 6.07. The molecule has 1 fully saturated rings. The number of benzene rings is 2. The highest BCUT2D eigenvalue weighted by molar-refractivity contribution is 5.93. The van der Waals surface area contributed by atoms with E-state index >= 15 is 0 Å². The maximum atomic E-state index is 12.5. The van der Waals surface area contributed by atoms with E-state index < -0.39 is 0 Å². The number of nitrogens with zero attached hydrogens (tertiary/aromatic N) is 1. The lowest BCUT2D eigenvalue weighted by Gasteiger charge is -2.33. The lowest BCUT2D eigenvalue weighted by molar-refractivity contribution is -0.117. The molecule has 0 saturated heterocycles. The van der Waals surface area contributed by atoms with Crippen LogP contribution in [0, 0.1) is 19.3 Å². The van der Waals surface area contributed by atoms with Gasteiger partial charge in [0.05, 0.1) is 0 Å². The van der Waals surface area contributed by atoms with Crippen LogP contribution in [0.4, 0.5) is 11.4 Å². The average Bonchev–Trinajstić information content (AvgIpc) is 3.35. The average molecular weight is 348 g/mol. The fraction of sp³-hybridized carbons (Fsp3) is 0.435. The molecule has 1 N–H and O–H groups in total. The first kappa shape index (κ1) is 17.1. The maximum Gasteiger partial charge on any atom is 0.224 e. The van der Waals surface area contributed by atoms with E-state index in [9.17, 15) is 4.79 Å². The minimum absolute atomic E-state index is 0.165. The molecule has 1 aliphatic carbocycles. The molecule has 1 amide bonds. The molecular weight excluding hydrogens is 320 g/mol. The summed E-state index contributed by atoms with van der Waals surface area (Å²) < 4.78 is 0. The van der Waals surface area contributed by atoms with Gasteiger partial charge in [-0.05, 0) is 72.9 Å². The lowest BCUT2D eigenvalue weighted by atomic mass is 9.91. The highest BCUT2D eigenvalue weighted by Crippen LogP contribution is 2.48. The Morgan fingerprint density at radius 3 is 2.62 bits per heavy atom. The molecular formula is C23H28N2O. The van der Waals surface area contributed by atoms with Crippen molar-refractivity contribution in [2.24, 2.45) is 5.41 Å². The zero-order chi connectivity index (χ0) is 18.3. The van der Waals surface area contributed by atoms with Crippen molar-refractivity contribution < 1.29 is 4.79 Å². The van der Waals surface area contributed by atoms with Crippen LogP contribution in [0.5, 0.6) is 0 Å². The number of para-hydroxylation sites is 1. The summed E-state index contributed by atoms with van der Waals surface area (Å²) in [6, 6.07) is 12.9. The fourth-order valence-corrected chi connectivity index (χ4v) is 4.14. The van der Waals surface area contributed by atoms with Crippen LogP contribution in [-0.2, 0) is 17.8 Å². The van der Waals surface area contributed by atoms with Gasteiger partial charge in [-0.15, -0.1) is 0 Å². The van der Waals surface area contributed by atoms with E-state index in [1.54, 1.807) is 0 Å². The molecule has 2 aliphatic rings. The number of anilines is 2. The number of amides is 1. The molecule has 2 aromatic carbocycles. The molecule has 4 rings (SSSR count). The third kappa shape index (κ3) is 3.35. The second-order valence-electron chi connectivity index (χ2n) is 8.37. The normalized spacial score (nSPS) is 17.6. The van der Waals surface area contributed by atoms with Crippen LogP contribution in [0.2, 0.25) is 0 Å². The standard InChI is InChI=1S/C23H28N2O/c1-16-13-18-15-25(19-7-5-4-6-8-19)12-9-20(18)17(2)22(16)24-21(26)14-23(3)10-11-23/h4-8,13H,9-12,14-15H2,1-3H3,(H,24,26). The van der Waals surface area contributed by atoms with Gasteiger partial charge in [0.2, 0.25) is 5.91 Å². The molecule has 3 nitrogen and oxygen atoms in total. The second kappa shape index (κ2) is 6.46. The molecule has 2 aromatic rings. The van der Waals surface area contributed by atoms with Crippen LogP contribution in [-0.4, -0.2) is 12.5 Å². The first-order valence-electron chi connectivity index (χ1n) is 9.67. The van der Waals surface area contributed by atoms with Gasteiger partial charge < -0.3 is 10.2 Å². The van der Waals surface area contributed by atoms with E-state index in [1.807, 2.05) is 0 Å². The smallest absolute Gasteiger partial charge is 0.224 e. The summed E-state index contributed by atoms with van der Waals surface area (Å²) in [5.74, 6) is 0.165. The Labute approximate surface area is 156 Å². The van der Waals surface area contributed by atoms with Gasteiger partial charge in [0.1, 0.15) is 0 Å². The molecule has 136 valence electrons. The number of carbonyl (C=O) groups excluding carboxylic acids is 1. The van der Waals surface area contributed by atoms with E-state index in [4.69, 9.17) is 0 Å². The maximum absolute atomic E-state index is 12.5. The molecule has 0 bridgehead atoms. The predicted molar refractivity (Wildman–Crippen MR) is 108 cm³/mol. The summed E-state index contributed by atoms with van der Waals surface area (Å²) in [6.45, 7) is 8.44. The Morgan fingerprint density at radius 1 is 1.19 bits per heavy atom. The van der Waals surface area contributed by atoms with Crippen LogP contribution in [0.15, 0.2) is 36.4 Å². The summed E-state index contributed by atoms with van der Waals surface area (Å²) in [4.78, 5) is 14.9. The van der Waals surface area contributed by atoms with Crippen molar-refractivity contribution in [3.63, 3.8) is 0 Å². The van der Waals surface area contributed by atoms with Gasteiger partial charge >= 0.3 is 0 Å². The van der Waals surface area contributed by atoms with E-state index in [1.165, 1.54) is 40.8 Å². The number of carbonyl (C=O) groups is 1. The number of nitrogens with one attached hydrogen (secondary N) is 1. The van der Waals surface area contributed by atoms with Crippen LogP contribution >= 0.6 is 0 Å². The molecule has 1 saturated carbocycles. The molecule has 0 radical (unpaired) electrons. The zero-order valence-corrected chi connectivity index (χ0v) is 16.1. The summed E-state index contributed by atoms with van der Waals surface area (Å²) in [7, 11) is 0. The number of hydrogen-bond donors (Lipinski definition) is 1. The molecule has 1 aliphatic heterocycles. The van der Waals surface area contributed by atoms with Crippen molar-refractivity contribution >= 4 is 17.3 Å². The van der Waals surface area contributed by atoms with Gasteiger partial charge in [0.15, 0.2) is 0 Å². The zero-order valence-electron chi connectivity index (χ0n) is 16.1. The van der Waals surface area contributed by atoms with Crippen LogP contribution in [0.3, 0.4) is 0 Å². The predicted octanol–water partition coefficient (Wildman–Crippen LogP) is 4.99. The molecule has 0 unspecified atom stereocenters. The quantitative estimate of drug-likeness (QED) is 0.844. The number of aryl methyl sites for hydroxylation is 1.